The Morgan fingerprint density at radius 3 is 2.45 bits per heavy atom. The van der Waals surface area contributed by atoms with Crippen molar-refractivity contribution in [3.8, 4) is 11.4 Å². The molecule has 0 unspecified atom stereocenters. The van der Waals surface area contributed by atoms with Crippen molar-refractivity contribution in [1.29, 1.82) is 0 Å². The first-order valence-electron chi connectivity index (χ1n) is 6.38. The summed E-state index contributed by atoms with van der Waals surface area (Å²) in [7, 11) is 3.35. The van der Waals surface area contributed by atoms with Gasteiger partial charge in [-0.05, 0) is 31.2 Å². The van der Waals surface area contributed by atoms with Crippen molar-refractivity contribution in [3.63, 3.8) is 0 Å². The molecule has 0 aliphatic heterocycles. The molecule has 1 aromatic carbocycles. The molecule has 108 valence electrons. The van der Waals surface area contributed by atoms with Crippen molar-refractivity contribution in [1.82, 2.24) is 9.36 Å². The topological polar surface area (TPSA) is 71.4 Å². The SMILES string of the molecule is CCOc1ccc(-n2c(=O)c(N)c(COC)n2C)cc1. The molecule has 2 aromatic rings. The minimum absolute atomic E-state index is 0.211. The summed E-state index contributed by atoms with van der Waals surface area (Å²) < 4.78 is 13.7. The Hall–Kier alpha value is -2.21. The number of rotatable bonds is 5. The van der Waals surface area contributed by atoms with E-state index in [4.69, 9.17) is 15.2 Å². The monoisotopic (exact) mass is 277 g/mol. The first kappa shape index (κ1) is 14.2. The molecule has 0 atom stereocenters. The number of aromatic nitrogens is 2. The fourth-order valence-corrected chi connectivity index (χ4v) is 2.12. The Bertz CT molecular complexity index is 641. The summed E-state index contributed by atoms with van der Waals surface area (Å²) in [4.78, 5) is 12.2. The zero-order valence-corrected chi connectivity index (χ0v) is 11.9. The third-order valence-corrected chi connectivity index (χ3v) is 3.10. The zero-order chi connectivity index (χ0) is 14.7. The number of anilines is 1. The molecule has 20 heavy (non-hydrogen) atoms. The highest BCUT2D eigenvalue weighted by molar-refractivity contribution is 5.46. The molecule has 2 rings (SSSR count). The molecule has 6 heteroatoms. The van der Waals surface area contributed by atoms with Crippen LogP contribution >= 0.6 is 0 Å². The van der Waals surface area contributed by atoms with Gasteiger partial charge in [0.2, 0.25) is 0 Å². The molecule has 0 spiro atoms. The largest absolute Gasteiger partial charge is 0.494 e. The number of methoxy groups -OCH3 is 1. The number of benzene rings is 1. The summed E-state index contributed by atoms with van der Waals surface area (Å²) in [6.45, 7) is 2.82. The molecule has 6 nitrogen and oxygen atoms in total. The van der Waals surface area contributed by atoms with Gasteiger partial charge in [0, 0.05) is 14.2 Å². The molecule has 0 amide bonds. The van der Waals surface area contributed by atoms with Crippen molar-refractivity contribution in [2.45, 2.75) is 13.5 Å². The van der Waals surface area contributed by atoms with Gasteiger partial charge in [-0.1, -0.05) is 0 Å². The smallest absolute Gasteiger partial charge is 0.294 e. The van der Waals surface area contributed by atoms with Crippen LogP contribution in [0.3, 0.4) is 0 Å². The van der Waals surface area contributed by atoms with Gasteiger partial charge in [-0.15, -0.1) is 0 Å². The van der Waals surface area contributed by atoms with Gasteiger partial charge in [0.05, 0.1) is 24.6 Å². The Morgan fingerprint density at radius 1 is 1.25 bits per heavy atom. The van der Waals surface area contributed by atoms with E-state index in [1.807, 2.05) is 31.2 Å². The fraction of sp³-hybridized carbons (Fsp3) is 0.357. The van der Waals surface area contributed by atoms with Crippen LogP contribution in [0.1, 0.15) is 12.6 Å². The van der Waals surface area contributed by atoms with Gasteiger partial charge < -0.3 is 15.2 Å². The average molecular weight is 277 g/mol. The van der Waals surface area contributed by atoms with Crippen molar-refractivity contribution in [2.24, 2.45) is 7.05 Å². The van der Waals surface area contributed by atoms with E-state index in [1.54, 1.807) is 18.8 Å². The minimum Gasteiger partial charge on any atom is -0.494 e. The standard InChI is InChI=1S/C14H19N3O3/c1-4-20-11-7-5-10(6-8-11)17-14(18)13(15)12(9-19-3)16(17)2/h5-8H,4,9,15H2,1-3H3. The van der Waals surface area contributed by atoms with Crippen LogP contribution in [0.5, 0.6) is 5.75 Å². The maximum absolute atomic E-state index is 12.2. The van der Waals surface area contributed by atoms with E-state index in [2.05, 4.69) is 0 Å². The lowest BCUT2D eigenvalue weighted by atomic mass is 10.3. The van der Waals surface area contributed by atoms with E-state index in [0.29, 0.717) is 18.9 Å². The van der Waals surface area contributed by atoms with Gasteiger partial charge >= 0.3 is 0 Å². The average Bonchev–Trinajstić information content (AvgIpc) is 2.65. The van der Waals surface area contributed by atoms with Crippen molar-refractivity contribution in [2.75, 3.05) is 19.5 Å². The van der Waals surface area contributed by atoms with Gasteiger partial charge in [-0.25, -0.2) is 4.68 Å². The van der Waals surface area contributed by atoms with Crippen LogP contribution in [0.2, 0.25) is 0 Å². The lowest BCUT2D eigenvalue weighted by molar-refractivity contribution is 0.177. The molecule has 0 aliphatic rings. The van der Waals surface area contributed by atoms with Gasteiger partial charge in [0.15, 0.2) is 0 Å². The second-order valence-corrected chi connectivity index (χ2v) is 4.36. The predicted molar refractivity (Wildman–Crippen MR) is 77.3 cm³/mol. The highest BCUT2D eigenvalue weighted by Gasteiger charge is 2.16. The van der Waals surface area contributed by atoms with Crippen LogP contribution in [0.25, 0.3) is 5.69 Å². The maximum Gasteiger partial charge on any atom is 0.294 e. The Labute approximate surface area is 117 Å². The molecule has 0 bridgehead atoms. The first-order valence-corrected chi connectivity index (χ1v) is 6.38. The molecule has 1 aromatic heterocycles. The lowest BCUT2D eigenvalue weighted by Crippen LogP contribution is -2.20. The van der Waals surface area contributed by atoms with Crippen LogP contribution in [0.15, 0.2) is 29.1 Å². The summed E-state index contributed by atoms with van der Waals surface area (Å²) in [5, 5.41) is 0. The molecular weight excluding hydrogens is 258 g/mol. The molecule has 0 saturated carbocycles. The second kappa shape index (κ2) is 5.83. The number of nitrogens with zero attached hydrogens (tertiary/aromatic N) is 2. The quantitative estimate of drug-likeness (QED) is 0.894. The molecule has 2 N–H and O–H groups in total. The molecule has 1 heterocycles. The fourth-order valence-electron chi connectivity index (χ4n) is 2.12. The van der Waals surface area contributed by atoms with Crippen LogP contribution in [0.4, 0.5) is 5.69 Å². The number of hydrogen-bond acceptors (Lipinski definition) is 4. The van der Waals surface area contributed by atoms with Crippen LogP contribution in [0, 0.1) is 0 Å². The van der Waals surface area contributed by atoms with Crippen LogP contribution in [-0.4, -0.2) is 23.1 Å². The van der Waals surface area contributed by atoms with Crippen LogP contribution in [-0.2, 0) is 18.4 Å². The number of nitrogen functional groups attached to an aromatic ring is 1. The summed E-state index contributed by atoms with van der Waals surface area (Å²) >= 11 is 0. The molecular formula is C14H19N3O3. The van der Waals surface area contributed by atoms with E-state index in [0.717, 1.165) is 11.4 Å². The third-order valence-electron chi connectivity index (χ3n) is 3.10. The summed E-state index contributed by atoms with van der Waals surface area (Å²) in [6, 6.07) is 7.29. The third kappa shape index (κ3) is 2.42. The van der Waals surface area contributed by atoms with Crippen LogP contribution < -0.4 is 16.0 Å². The normalized spacial score (nSPS) is 10.8. The van der Waals surface area contributed by atoms with Crippen molar-refractivity contribution < 1.29 is 9.47 Å². The lowest BCUT2D eigenvalue weighted by Gasteiger charge is -2.10. The van der Waals surface area contributed by atoms with Crippen molar-refractivity contribution >= 4 is 5.69 Å². The number of ether oxygens (including phenoxy) is 2. The summed E-state index contributed by atoms with van der Waals surface area (Å²) in [5.41, 5.74) is 7.20. The Morgan fingerprint density at radius 2 is 1.90 bits per heavy atom. The number of nitrogens with two attached hydrogens (primary N) is 1. The predicted octanol–water partition coefficient (Wildman–Crippen LogP) is 1.30. The summed E-state index contributed by atoms with van der Waals surface area (Å²) in [5.74, 6) is 0.767. The van der Waals surface area contributed by atoms with Crippen molar-refractivity contribution in [3.05, 3.63) is 40.3 Å². The maximum atomic E-state index is 12.2. The highest BCUT2D eigenvalue weighted by Crippen LogP contribution is 2.17. The van der Waals surface area contributed by atoms with E-state index in [9.17, 15) is 4.79 Å². The Kier molecular flexibility index (Phi) is 4.14. The van der Waals surface area contributed by atoms with Gasteiger partial charge in [0.25, 0.3) is 5.56 Å². The van der Waals surface area contributed by atoms with Gasteiger partial charge in [-0.3, -0.25) is 9.48 Å². The molecule has 0 fully saturated rings. The Balaban J connectivity index is 2.47. The zero-order valence-electron chi connectivity index (χ0n) is 11.9. The second-order valence-electron chi connectivity index (χ2n) is 4.36. The highest BCUT2D eigenvalue weighted by atomic mass is 16.5. The van der Waals surface area contributed by atoms with E-state index in [1.165, 1.54) is 4.68 Å². The molecule has 0 aliphatic carbocycles. The minimum atomic E-state index is -0.247. The molecule has 0 saturated heterocycles. The van der Waals surface area contributed by atoms with E-state index >= 15 is 0 Å². The first-order chi connectivity index (χ1) is 9.60. The number of hydrogen-bond donors (Lipinski definition) is 1. The van der Waals surface area contributed by atoms with E-state index < -0.39 is 0 Å². The van der Waals surface area contributed by atoms with E-state index in [-0.39, 0.29) is 11.2 Å². The summed E-state index contributed by atoms with van der Waals surface area (Å²) in [6.07, 6.45) is 0. The molecule has 0 radical (unpaired) electrons. The van der Waals surface area contributed by atoms with Gasteiger partial charge in [-0.2, -0.15) is 0 Å². The van der Waals surface area contributed by atoms with Gasteiger partial charge in [0.1, 0.15) is 11.4 Å².